The molecule has 104 valence electrons. The number of halogens is 3. The van der Waals surface area contributed by atoms with Gasteiger partial charge >= 0.3 is 6.18 Å². The molecule has 2 aromatic rings. The monoisotopic (exact) mass is 280 g/mol. The number of Topliss-reactive ketones (excluding diaryl/α,β-unsaturated/α-hetero) is 1. The third kappa shape index (κ3) is 3.14. The molecule has 1 aromatic carbocycles. The second-order valence-electron chi connectivity index (χ2n) is 4.22. The average Bonchev–Trinajstić information content (AvgIpc) is 2.39. The minimum Gasteiger partial charge on any atom is -0.398 e. The SMILES string of the molecule is Nc1ccc(C(F)(F)F)cc1C(=O)Cc1ccccn1. The number of benzene rings is 1. The van der Waals surface area contributed by atoms with Gasteiger partial charge in [0.1, 0.15) is 0 Å². The fourth-order valence-corrected chi connectivity index (χ4v) is 1.74. The minimum atomic E-state index is -4.51. The van der Waals surface area contributed by atoms with Crippen LogP contribution in [-0.2, 0) is 12.6 Å². The summed E-state index contributed by atoms with van der Waals surface area (Å²) >= 11 is 0. The lowest BCUT2D eigenvalue weighted by atomic mass is 10.0. The van der Waals surface area contributed by atoms with Crippen molar-refractivity contribution >= 4 is 11.5 Å². The summed E-state index contributed by atoms with van der Waals surface area (Å²) in [4.78, 5) is 16.0. The number of anilines is 1. The van der Waals surface area contributed by atoms with Crippen LogP contribution in [-0.4, -0.2) is 10.8 Å². The number of carbonyl (C=O) groups excluding carboxylic acids is 1. The predicted octanol–water partition coefficient (Wildman–Crippen LogP) is 3.11. The Bertz CT molecular complexity index is 624. The second kappa shape index (κ2) is 5.32. The largest absolute Gasteiger partial charge is 0.416 e. The van der Waals surface area contributed by atoms with Crippen LogP contribution >= 0.6 is 0 Å². The molecule has 20 heavy (non-hydrogen) atoms. The van der Waals surface area contributed by atoms with Gasteiger partial charge in [0.15, 0.2) is 5.78 Å². The third-order valence-corrected chi connectivity index (χ3v) is 2.75. The van der Waals surface area contributed by atoms with Crippen LogP contribution in [0.3, 0.4) is 0 Å². The van der Waals surface area contributed by atoms with Gasteiger partial charge in [0.05, 0.1) is 12.0 Å². The van der Waals surface area contributed by atoms with E-state index in [1.54, 1.807) is 18.2 Å². The van der Waals surface area contributed by atoms with Gasteiger partial charge in [-0.1, -0.05) is 6.07 Å². The van der Waals surface area contributed by atoms with Gasteiger partial charge in [-0.25, -0.2) is 0 Å². The number of hydrogen-bond acceptors (Lipinski definition) is 3. The zero-order chi connectivity index (χ0) is 14.8. The quantitative estimate of drug-likeness (QED) is 0.694. The van der Waals surface area contributed by atoms with Crippen molar-refractivity contribution in [2.45, 2.75) is 12.6 Å². The Morgan fingerprint density at radius 3 is 2.55 bits per heavy atom. The van der Waals surface area contributed by atoms with Crippen LogP contribution in [0.2, 0.25) is 0 Å². The van der Waals surface area contributed by atoms with E-state index in [2.05, 4.69) is 4.98 Å². The first-order chi connectivity index (χ1) is 9.38. The molecular weight excluding hydrogens is 269 g/mol. The lowest BCUT2D eigenvalue weighted by Crippen LogP contribution is -2.12. The number of alkyl halides is 3. The molecule has 2 N–H and O–H groups in total. The van der Waals surface area contributed by atoms with Crippen LogP contribution in [0.5, 0.6) is 0 Å². The molecule has 0 saturated carbocycles. The van der Waals surface area contributed by atoms with Gasteiger partial charge in [0.25, 0.3) is 0 Å². The molecule has 1 aromatic heterocycles. The molecule has 0 aliphatic heterocycles. The summed E-state index contributed by atoms with van der Waals surface area (Å²) in [7, 11) is 0. The minimum absolute atomic E-state index is 0.0268. The standard InChI is InChI=1S/C14H11F3N2O/c15-14(16,17)9-4-5-12(18)11(7-9)13(20)8-10-3-1-2-6-19-10/h1-7H,8,18H2. The second-order valence-corrected chi connectivity index (χ2v) is 4.22. The van der Waals surface area contributed by atoms with E-state index in [1.807, 2.05) is 0 Å². The normalized spacial score (nSPS) is 11.3. The van der Waals surface area contributed by atoms with E-state index in [9.17, 15) is 18.0 Å². The highest BCUT2D eigenvalue weighted by Gasteiger charge is 2.31. The van der Waals surface area contributed by atoms with Gasteiger partial charge in [0.2, 0.25) is 0 Å². The van der Waals surface area contributed by atoms with Crippen LogP contribution in [0.1, 0.15) is 21.6 Å². The Morgan fingerprint density at radius 1 is 1.20 bits per heavy atom. The van der Waals surface area contributed by atoms with Gasteiger partial charge in [0, 0.05) is 23.1 Å². The number of rotatable bonds is 3. The van der Waals surface area contributed by atoms with Crippen LogP contribution < -0.4 is 5.73 Å². The molecule has 6 heteroatoms. The highest BCUT2D eigenvalue weighted by molar-refractivity contribution is 6.01. The first-order valence-corrected chi connectivity index (χ1v) is 5.78. The maximum absolute atomic E-state index is 12.6. The molecule has 1 heterocycles. The van der Waals surface area contributed by atoms with Gasteiger partial charge < -0.3 is 5.73 Å². The zero-order valence-electron chi connectivity index (χ0n) is 10.3. The maximum Gasteiger partial charge on any atom is 0.416 e. The first kappa shape index (κ1) is 14.0. The number of aromatic nitrogens is 1. The number of nitrogens with two attached hydrogens (primary N) is 1. The van der Waals surface area contributed by atoms with Crippen molar-refractivity contribution < 1.29 is 18.0 Å². The van der Waals surface area contributed by atoms with Gasteiger partial charge in [-0.3, -0.25) is 9.78 Å². The van der Waals surface area contributed by atoms with Crippen LogP contribution in [0, 0.1) is 0 Å². The molecule has 0 aliphatic rings. The number of nitrogen functional groups attached to an aromatic ring is 1. The van der Waals surface area contributed by atoms with Crippen molar-refractivity contribution in [3.05, 3.63) is 59.4 Å². The molecule has 0 aliphatic carbocycles. The smallest absolute Gasteiger partial charge is 0.398 e. The molecule has 0 spiro atoms. The molecule has 0 fully saturated rings. The van der Waals surface area contributed by atoms with Crippen molar-refractivity contribution in [2.24, 2.45) is 0 Å². The van der Waals surface area contributed by atoms with Gasteiger partial charge in [-0.15, -0.1) is 0 Å². The Morgan fingerprint density at radius 2 is 1.95 bits per heavy atom. The molecule has 0 unspecified atom stereocenters. The fraction of sp³-hybridized carbons (Fsp3) is 0.143. The predicted molar refractivity (Wildman–Crippen MR) is 68.1 cm³/mol. The maximum atomic E-state index is 12.6. The van der Waals surface area contributed by atoms with Crippen molar-refractivity contribution in [1.29, 1.82) is 0 Å². The van der Waals surface area contributed by atoms with Gasteiger partial charge in [-0.2, -0.15) is 13.2 Å². The molecule has 0 radical (unpaired) electrons. The van der Waals surface area contributed by atoms with E-state index >= 15 is 0 Å². The molecule has 0 amide bonds. The highest BCUT2D eigenvalue weighted by atomic mass is 19.4. The molecule has 2 rings (SSSR count). The van der Waals surface area contributed by atoms with Crippen molar-refractivity contribution in [3.8, 4) is 0 Å². The van der Waals surface area contributed by atoms with Crippen molar-refractivity contribution in [2.75, 3.05) is 5.73 Å². The topological polar surface area (TPSA) is 56.0 Å². The summed E-state index contributed by atoms with van der Waals surface area (Å²) in [6.07, 6.45) is -3.09. The molecule has 0 atom stereocenters. The van der Waals surface area contributed by atoms with E-state index in [1.165, 1.54) is 6.20 Å². The van der Waals surface area contributed by atoms with Crippen LogP contribution in [0.25, 0.3) is 0 Å². The summed E-state index contributed by atoms with van der Waals surface area (Å²) in [5, 5.41) is 0. The first-order valence-electron chi connectivity index (χ1n) is 5.78. The molecular formula is C14H11F3N2O. The summed E-state index contributed by atoms with van der Waals surface area (Å²) in [6.45, 7) is 0. The lowest BCUT2D eigenvalue weighted by molar-refractivity contribution is -0.137. The lowest BCUT2D eigenvalue weighted by Gasteiger charge is -2.10. The van der Waals surface area contributed by atoms with Crippen LogP contribution in [0.4, 0.5) is 18.9 Å². The Hall–Kier alpha value is -2.37. The van der Waals surface area contributed by atoms with E-state index in [0.717, 1.165) is 18.2 Å². The van der Waals surface area contributed by atoms with Crippen LogP contribution in [0.15, 0.2) is 42.6 Å². The zero-order valence-corrected chi connectivity index (χ0v) is 10.3. The fourth-order valence-electron chi connectivity index (χ4n) is 1.74. The number of carbonyl (C=O) groups is 1. The number of pyridine rings is 1. The Kier molecular flexibility index (Phi) is 3.74. The number of hydrogen-bond donors (Lipinski definition) is 1. The molecule has 3 nitrogen and oxygen atoms in total. The number of ketones is 1. The number of nitrogens with zero attached hydrogens (tertiary/aromatic N) is 1. The van der Waals surface area contributed by atoms with Crippen molar-refractivity contribution in [3.63, 3.8) is 0 Å². The van der Waals surface area contributed by atoms with E-state index in [-0.39, 0.29) is 17.7 Å². The van der Waals surface area contributed by atoms with Gasteiger partial charge in [-0.05, 0) is 30.3 Å². The van der Waals surface area contributed by atoms with Crippen molar-refractivity contribution in [1.82, 2.24) is 4.98 Å². The third-order valence-electron chi connectivity index (χ3n) is 2.75. The summed E-state index contributed by atoms with van der Waals surface area (Å²) in [5.41, 5.74) is 5.06. The summed E-state index contributed by atoms with van der Waals surface area (Å²) in [6, 6.07) is 7.74. The molecule has 0 saturated heterocycles. The van der Waals surface area contributed by atoms with E-state index in [4.69, 9.17) is 5.73 Å². The summed E-state index contributed by atoms with van der Waals surface area (Å²) in [5.74, 6) is -0.493. The average molecular weight is 280 g/mol. The van der Waals surface area contributed by atoms with E-state index in [0.29, 0.717) is 5.69 Å². The summed E-state index contributed by atoms with van der Waals surface area (Å²) < 4.78 is 37.9. The van der Waals surface area contributed by atoms with E-state index < -0.39 is 17.5 Å². The highest BCUT2D eigenvalue weighted by Crippen LogP contribution is 2.31. The Balaban J connectivity index is 2.30. The molecule has 0 bridgehead atoms. The Labute approximate surface area is 113 Å².